The van der Waals surface area contributed by atoms with Crippen molar-refractivity contribution in [2.45, 2.75) is 25.4 Å². The Bertz CT molecular complexity index is 1190. The third-order valence-electron chi connectivity index (χ3n) is 5.88. The van der Waals surface area contributed by atoms with Crippen LogP contribution < -0.4 is 15.4 Å². The number of hydrogen-bond acceptors (Lipinski definition) is 4. The summed E-state index contributed by atoms with van der Waals surface area (Å²) < 4.78 is 5.25. The fraction of sp³-hybridized carbons (Fsp3) is 0.240. The van der Waals surface area contributed by atoms with Crippen LogP contribution in [-0.2, 0) is 15.1 Å². The first kappa shape index (κ1) is 21.4. The van der Waals surface area contributed by atoms with Crippen LogP contribution in [0.3, 0.4) is 0 Å². The monoisotopic (exact) mass is 431 g/mol. The van der Waals surface area contributed by atoms with Crippen LogP contribution in [0.25, 0.3) is 10.8 Å². The number of urea groups is 1. The van der Waals surface area contributed by atoms with E-state index < -0.39 is 23.4 Å². The maximum Gasteiger partial charge on any atom is 0.325 e. The molecular formula is C25H25N3O4. The summed E-state index contributed by atoms with van der Waals surface area (Å²) >= 11 is 0. The number of methoxy groups -OCH3 is 1. The lowest BCUT2D eigenvalue weighted by atomic mass is 9.90. The van der Waals surface area contributed by atoms with Gasteiger partial charge in [0.15, 0.2) is 0 Å². The van der Waals surface area contributed by atoms with Crippen LogP contribution in [0.2, 0.25) is 0 Å². The Labute approximate surface area is 186 Å². The maximum absolute atomic E-state index is 13.2. The van der Waals surface area contributed by atoms with Crippen LogP contribution in [0.4, 0.5) is 4.79 Å². The van der Waals surface area contributed by atoms with Crippen LogP contribution >= 0.6 is 0 Å². The van der Waals surface area contributed by atoms with Crippen molar-refractivity contribution in [2.24, 2.45) is 0 Å². The van der Waals surface area contributed by atoms with E-state index in [0.29, 0.717) is 5.56 Å². The quantitative estimate of drug-likeness (QED) is 0.585. The van der Waals surface area contributed by atoms with Crippen LogP contribution in [0.5, 0.6) is 5.75 Å². The molecule has 0 aromatic heterocycles. The van der Waals surface area contributed by atoms with Gasteiger partial charge in [-0.1, -0.05) is 48.5 Å². The van der Waals surface area contributed by atoms with E-state index in [1.807, 2.05) is 67.6 Å². The van der Waals surface area contributed by atoms with Gasteiger partial charge in [0.2, 0.25) is 5.91 Å². The lowest BCUT2D eigenvalue weighted by molar-refractivity contribution is -0.135. The molecule has 4 amide bonds. The normalized spacial score (nSPS) is 19.0. The van der Waals surface area contributed by atoms with Gasteiger partial charge in [-0.3, -0.25) is 14.5 Å². The molecule has 0 radical (unpaired) electrons. The van der Waals surface area contributed by atoms with Crippen molar-refractivity contribution in [3.8, 4) is 5.75 Å². The zero-order valence-corrected chi connectivity index (χ0v) is 18.2. The Morgan fingerprint density at radius 1 is 1.06 bits per heavy atom. The molecule has 1 heterocycles. The van der Waals surface area contributed by atoms with Gasteiger partial charge in [0.1, 0.15) is 17.8 Å². The summed E-state index contributed by atoms with van der Waals surface area (Å²) in [6, 6.07) is 19.9. The van der Waals surface area contributed by atoms with Gasteiger partial charge in [0.05, 0.1) is 13.2 Å². The average molecular weight is 431 g/mol. The molecule has 0 unspecified atom stereocenters. The lowest BCUT2D eigenvalue weighted by Crippen LogP contribution is -2.43. The lowest BCUT2D eigenvalue weighted by Gasteiger charge is -2.23. The van der Waals surface area contributed by atoms with E-state index >= 15 is 0 Å². The fourth-order valence-corrected chi connectivity index (χ4v) is 3.95. The van der Waals surface area contributed by atoms with Crippen LogP contribution in [0.15, 0.2) is 66.7 Å². The first-order valence-electron chi connectivity index (χ1n) is 10.4. The highest BCUT2D eigenvalue weighted by molar-refractivity contribution is 6.09. The second-order valence-corrected chi connectivity index (χ2v) is 8.07. The molecule has 1 aliphatic rings. The van der Waals surface area contributed by atoms with Gasteiger partial charge in [-0.2, -0.15) is 0 Å². The number of benzene rings is 3. The van der Waals surface area contributed by atoms with Gasteiger partial charge in [-0.05, 0) is 53.9 Å². The van der Waals surface area contributed by atoms with Crippen molar-refractivity contribution in [1.82, 2.24) is 15.5 Å². The highest BCUT2D eigenvalue weighted by atomic mass is 16.5. The van der Waals surface area contributed by atoms with Gasteiger partial charge < -0.3 is 15.4 Å². The van der Waals surface area contributed by atoms with Crippen LogP contribution in [-0.4, -0.2) is 36.4 Å². The van der Waals surface area contributed by atoms with E-state index in [1.54, 1.807) is 20.1 Å². The standard InChI is InChI=1S/C25H25N3O4/c1-16(17-7-5-4-6-8-17)26-22(29)15-28-23(30)25(2,27-24(28)31)20-11-9-19-14-21(32-3)12-10-18(19)13-20/h4-14,16H,15H2,1-3H3,(H,26,29)(H,27,31)/t16-,25+/m0/s1. The molecule has 0 bridgehead atoms. The predicted octanol–water partition coefficient (Wildman–Crippen LogP) is 3.49. The molecule has 1 fully saturated rings. The van der Waals surface area contributed by atoms with Crippen molar-refractivity contribution in [3.63, 3.8) is 0 Å². The average Bonchev–Trinajstić information content (AvgIpc) is 3.02. The molecule has 0 aliphatic carbocycles. The van der Waals surface area contributed by atoms with Crippen LogP contribution in [0, 0.1) is 0 Å². The van der Waals surface area contributed by atoms with Crippen molar-refractivity contribution in [1.29, 1.82) is 0 Å². The van der Waals surface area contributed by atoms with E-state index in [4.69, 9.17) is 4.74 Å². The number of nitrogens with zero attached hydrogens (tertiary/aromatic N) is 1. The Morgan fingerprint density at radius 3 is 2.47 bits per heavy atom. The Kier molecular flexibility index (Phi) is 5.57. The Balaban J connectivity index is 1.51. The van der Waals surface area contributed by atoms with Crippen molar-refractivity contribution < 1.29 is 19.1 Å². The molecular weight excluding hydrogens is 406 g/mol. The van der Waals surface area contributed by atoms with Gasteiger partial charge in [0.25, 0.3) is 5.91 Å². The number of carbonyl (C=O) groups is 3. The van der Waals surface area contributed by atoms with Gasteiger partial charge in [-0.25, -0.2) is 4.79 Å². The largest absolute Gasteiger partial charge is 0.497 e. The Hall–Kier alpha value is -3.87. The molecule has 164 valence electrons. The summed E-state index contributed by atoms with van der Waals surface area (Å²) in [6.07, 6.45) is 0. The molecule has 2 atom stereocenters. The molecule has 2 N–H and O–H groups in total. The third kappa shape index (κ3) is 3.89. The van der Waals surface area contributed by atoms with Crippen LogP contribution in [0.1, 0.15) is 31.0 Å². The highest BCUT2D eigenvalue weighted by Gasteiger charge is 2.49. The molecule has 7 heteroatoms. The number of rotatable bonds is 6. The van der Waals surface area contributed by atoms with Gasteiger partial charge in [-0.15, -0.1) is 0 Å². The van der Waals surface area contributed by atoms with E-state index in [-0.39, 0.29) is 12.6 Å². The minimum atomic E-state index is -1.25. The number of imide groups is 1. The van der Waals surface area contributed by atoms with E-state index in [0.717, 1.165) is 27.0 Å². The van der Waals surface area contributed by atoms with Gasteiger partial charge >= 0.3 is 6.03 Å². The molecule has 3 aromatic carbocycles. The smallest absolute Gasteiger partial charge is 0.325 e. The molecule has 0 spiro atoms. The van der Waals surface area contributed by atoms with Crippen molar-refractivity contribution >= 4 is 28.6 Å². The summed E-state index contributed by atoms with van der Waals surface area (Å²) in [6.45, 7) is 3.16. The second kappa shape index (κ2) is 8.34. The number of carbonyl (C=O) groups excluding carboxylic acids is 3. The summed E-state index contributed by atoms with van der Waals surface area (Å²) in [7, 11) is 1.61. The zero-order chi connectivity index (χ0) is 22.9. The number of amides is 4. The molecule has 0 saturated carbocycles. The minimum absolute atomic E-state index is 0.242. The maximum atomic E-state index is 13.2. The zero-order valence-electron chi connectivity index (χ0n) is 18.2. The number of fused-ring (bicyclic) bond motifs is 1. The first-order chi connectivity index (χ1) is 15.3. The molecule has 4 rings (SSSR count). The fourth-order valence-electron chi connectivity index (χ4n) is 3.95. The highest BCUT2D eigenvalue weighted by Crippen LogP contribution is 2.32. The SMILES string of the molecule is COc1ccc2cc([C@@]3(C)NC(=O)N(CC(=O)N[C@@H](C)c4ccccc4)C3=O)ccc2c1. The predicted molar refractivity (Wildman–Crippen MR) is 121 cm³/mol. The van der Waals surface area contributed by atoms with Gasteiger partial charge in [0, 0.05) is 0 Å². The number of hydrogen-bond donors (Lipinski definition) is 2. The third-order valence-corrected chi connectivity index (χ3v) is 5.88. The summed E-state index contributed by atoms with van der Waals surface area (Å²) in [5, 5.41) is 7.47. The first-order valence-corrected chi connectivity index (χ1v) is 10.4. The second-order valence-electron chi connectivity index (χ2n) is 8.07. The van der Waals surface area contributed by atoms with E-state index in [1.165, 1.54) is 0 Å². The molecule has 32 heavy (non-hydrogen) atoms. The topological polar surface area (TPSA) is 87.7 Å². The number of nitrogens with one attached hydrogen (secondary N) is 2. The molecule has 3 aromatic rings. The summed E-state index contributed by atoms with van der Waals surface area (Å²) in [5.41, 5.74) is 0.334. The number of ether oxygens (including phenoxy) is 1. The molecule has 7 nitrogen and oxygen atoms in total. The summed E-state index contributed by atoms with van der Waals surface area (Å²) in [4.78, 5) is 39.3. The molecule has 1 saturated heterocycles. The Morgan fingerprint density at radius 2 is 1.75 bits per heavy atom. The molecule has 1 aliphatic heterocycles. The van der Waals surface area contributed by atoms with E-state index in [2.05, 4.69) is 10.6 Å². The minimum Gasteiger partial charge on any atom is -0.497 e. The van der Waals surface area contributed by atoms with Crippen molar-refractivity contribution in [2.75, 3.05) is 13.7 Å². The van der Waals surface area contributed by atoms with Crippen molar-refractivity contribution in [3.05, 3.63) is 77.9 Å². The van der Waals surface area contributed by atoms with E-state index in [9.17, 15) is 14.4 Å². The summed E-state index contributed by atoms with van der Waals surface area (Å²) in [5.74, 6) is -0.124.